The normalized spacial score (nSPS) is 15.4. The highest BCUT2D eigenvalue weighted by Crippen LogP contribution is 2.27. The van der Waals surface area contributed by atoms with Gasteiger partial charge in [0.25, 0.3) is 0 Å². The molecule has 1 aliphatic heterocycles. The van der Waals surface area contributed by atoms with Crippen molar-refractivity contribution in [2.24, 2.45) is 0 Å². The molecule has 0 radical (unpaired) electrons. The van der Waals surface area contributed by atoms with E-state index in [0.717, 1.165) is 23.2 Å². The number of benzene rings is 2. The third-order valence-electron chi connectivity index (χ3n) is 5.14. The second kappa shape index (κ2) is 7.06. The molecule has 0 spiro atoms. The predicted octanol–water partition coefficient (Wildman–Crippen LogP) is 3.86. The second-order valence-corrected chi connectivity index (χ2v) is 6.77. The fourth-order valence-corrected chi connectivity index (χ4v) is 3.65. The fourth-order valence-electron chi connectivity index (χ4n) is 3.65. The second-order valence-electron chi connectivity index (χ2n) is 6.77. The molecule has 1 aliphatic rings. The fraction of sp³-hybridized carbons (Fsp3) is 0.300. The Hall–Kier alpha value is -2.83. The maximum Gasteiger partial charge on any atom is 0.227 e. The molecule has 1 fully saturated rings. The summed E-state index contributed by atoms with van der Waals surface area (Å²) >= 11 is 0. The van der Waals surface area contributed by atoms with Gasteiger partial charge < -0.3 is 9.47 Å². The maximum atomic E-state index is 13.8. The van der Waals surface area contributed by atoms with Crippen LogP contribution in [0.1, 0.15) is 24.4 Å². The zero-order chi connectivity index (χ0) is 19.0. The van der Waals surface area contributed by atoms with Crippen LogP contribution in [0.2, 0.25) is 0 Å². The largest absolute Gasteiger partial charge is 0.342 e. The minimum absolute atomic E-state index is 0.103. The summed E-state index contributed by atoms with van der Waals surface area (Å²) in [6, 6.07) is 8.17. The molecule has 0 saturated carbocycles. The summed E-state index contributed by atoms with van der Waals surface area (Å²) < 4.78 is 43.0. The highest BCUT2D eigenvalue weighted by atomic mass is 19.1. The Morgan fingerprint density at radius 3 is 2.48 bits per heavy atom. The van der Waals surface area contributed by atoms with Crippen LogP contribution >= 0.6 is 0 Å². The number of fused-ring (bicyclic) bond motifs is 1. The van der Waals surface area contributed by atoms with Gasteiger partial charge in [-0.05, 0) is 43.2 Å². The molecule has 2 heterocycles. The smallest absolute Gasteiger partial charge is 0.227 e. The van der Waals surface area contributed by atoms with Crippen molar-refractivity contribution in [2.75, 3.05) is 13.1 Å². The number of nitrogens with zero attached hydrogens (tertiary/aromatic N) is 3. The van der Waals surface area contributed by atoms with Crippen molar-refractivity contribution in [1.82, 2.24) is 14.5 Å². The van der Waals surface area contributed by atoms with Gasteiger partial charge in [-0.25, -0.2) is 18.2 Å². The van der Waals surface area contributed by atoms with E-state index in [1.54, 1.807) is 17.3 Å². The van der Waals surface area contributed by atoms with Gasteiger partial charge in [0.1, 0.15) is 17.5 Å². The molecule has 0 atom stereocenters. The molecule has 0 bridgehead atoms. The van der Waals surface area contributed by atoms with Crippen molar-refractivity contribution >= 4 is 16.9 Å². The summed E-state index contributed by atoms with van der Waals surface area (Å²) in [5.41, 5.74) is 1.26. The van der Waals surface area contributed by atoms with Crippen LogP contribution in [-0.4, -0.2) is 33.4 Å². The molecule has 4 rings (SSSR count). The SMILES string of the molecule is O=C(Cc1c(F)cccc1F)N1CCC(n2cnc3ccc(F)cc32)CC1. The Kier molecular flexibility index (Phi) is 4.59. The molecule has 0 aliphatic carbocycles. The molecule has 1 amide bonds. The average Bonchev–Trinajstić information content (AvgIpc) is 3.08. The quantitative estimate of drug-likeness (QED) is 0.699. The average molecular weight is 373 g/mol. The van der Waals surface area contributed by atoms with Gasteiger partial charge in [0.05, 0.1) is 23.8 Å². The lowest BCUT2D eigenvalue weighted by atomic mass is 10.0. The predicted molar refractivity (Wildman–Crippen MR) is 94.6 cm³/mol. The van der Waals surface area contributed by atoms with Gasteiger partial charge in [-0.15, -0.1) is 0 Å². The van der Waals surface area contributed by atoms with E-state index in [9.17, 15) is 18.0 Å². The van der Waals surface area contributed by atoms with Crippen molar-refractivity contribution in [3.63, 3.8) is 0 Å². The number of amides is 1. The zero-order valence-electron chi connectivity index (χ0n) is 14.5. The molecule has 27 heavy (non-hydrogen) atoms. The van der Waals surface area contributed by atoms with Crippen LogP contribution < -0.4 is 0 Å². The Balaban J connectivity index is 1.44. The van der Waals surface area contributed by atoms with Crippen molar-refractivity contribution in [3.05, 3.63) is 65.7 Å². The van der Waals surface area contributed by atoms with Crippen LogP contribution in [0, 0.1) is 17.5 Å². The Labute approximate surface area is 154 Å². The monoisotopic (exact) mass is 373 g/mol. The number of hydrogen-bond acceptors (Lipinski definition) is 2. The number of piperidine rings is 1. The van der Waals surface area contributed by atoms with E-state index in [1.165, 1.54) is 18.2 Å². The van der Waals surface area contributed by atoms with Crippen LogP contribution in [-0.2, 0) is 11.2 Å². The third kappa shape index (κ3) is 3.41. The van der Waals surface area contributed by atoms with E-state index >= 15 is 0 Å². The van der Waals surface area contributed by atoms with E-state index in [2.05, 4.69) is 4.98 Å². The van der Waals surface area contributed by atoms with Gasteiger partial charge in [0, 0.05) is 24.7 Å². The van der Waals surface area contributed by atoms with Crippen LogP contribution in [0.3, 0.4) is 0 Å². The lowest BCUT2D eigenvalue weighted by molar-refractivity contribution is -0.131. The highest BCUT2D eigenvalue weighted by Gasteiger charge is 2.26. The summed E-state index contributed by atoms with van der Waals surface area (Å²) in [5, 5.41) is 0. The number of aromatic nitrogens is 2. The molecule has 0 unspecified atom stereocenters. The van der Waals surface area contributed by atoms with Crippen LogP contribution in [0.25, 0.3) is 11.0 Å². The van der Waals surface area contributed by atoms with E-state index in [4.69, 9.17) is 0 Å². The first kappa shape index (κ1) is 17.6. The van der Waals surface area contributed by atoms with Crippen molar-refractivity contribution in [3.8, 4) is 0 Å². The molecule has 140 valence electrons. The molecule has 1 saturated heterocycles. The highest BCUT2D eigenvalue weighted by molar-refractivity contribution is 5.79. The standard InChI is InChI=1S/C20H18F3N3O/c21-13-4-5-18-19(10-13)26(12-24-18)14-6-8-25(9-7-14)20(27)11-15-16(22)2-1-3-17(15)23/h1-5,10,12,14H,6-9,11H2. The summed E-state index contributed by atoms with van der Waals surface area (Å²) in [6.07, 6.45) is 2.75. The molecule has 2 aromatic carbocycles. The topological polar surface area (TPSA) is 38.1 Å². The minimum atomic E-state index is -0.704. The summed E-state index contributed by atoms with van der Waals surface area (Å²) in [5.74, 6) is -2.02. The van der Waals surface area contributed by atoms with Crippen molar-refractivity contribution in [2.45, 2.75) is 25.3 Å². The minimum Gasteiger partial charge on any atom is -0.342 e. The first-order chi connectivity index (χ1) is 13.0. The van der Waals surface area contributed by atoms with E-state index in [0.29, 0.717) is 25.9 Å². The zero-order valence-corrected chi connectivity index (χ0v) is 14.5. The lowest BCUT2D eigenvalue weighted by Crippen LogP contribution is -2.40. The van der Waals surface area contributed by atoms with Crippen molar-refractivity contribution in [1.29, 1.82) is 0 Å². The molecule has 7 heteroatoms. The Morgan fingerprint density at radius 1 is 1.07 bits per heavy atom. The number of rotatable bonds is 3. The first-order valence-electron chi connectivity index (χ1n) is 8.85. The van der Waals surface area contributed by atoms with Crippen LogP contribution in [0.5, 0.6) is 0 Å². The van der Waals surface area contributed by atoms with Crippen molar-refractivity contribution < 1.29 is 18.0 Å². The number of carbonyl (C=O) groups is 1. The van der Waals surface area contributed by atoms with Gasteiger partial charge in [0.2, 0.25) is 5.91 Å². The number of halogens is 3. The van der Waals surface area contributed by atoms with Gasteiger partial charge in [-0.1, -0.05) is 6.07 Å². The number of imidazole rings is 1. The molecule has 3 aromatic rings. The van der Waals surface area contributed by atoms with Gasteiger partial charge in [0.15, 0.2) is 0 Å². The molecule has 4 nitrogen and oxygen atoms in total. The number of carbonyl (C=O) groups excluding carboxylic acids is 1. The lowest BCUT2D eigenvalue weighted by Gasteiger charge is -2.33. The van der Waals surface area contributed by atoms with E-state index < -0.39 is 11.6 Å². The summed E-state index contributed by atoms with van der Waals surface area (Å²) in [7, 11) is 0. The molecular formula is C20H18F3N3O. The van der Waals surface area contributed by atoms with E-state index in [-0.39, 0.29) is 29.8 Å². The summed E-state index contributed by atoms with van der Waals surface area (Å²) in [6.45, 7) is 0.961. The van der Waals surface area contributed by atoms with Crippen LogP contribution in [0.15, 0.2) is 42.7 Å². The number of hydrogen-bond donors (Lipinski definition) is 0. The van der Waals surface area contributed by atoms with Gasteiger partial charge in [-0.3, -0.25) is 4.79 Å². The summed E-state index contributed by atoms with van der Waals surface area (Å²) in [4.78, 5) is 18.4. The molecule has 0 N–H and O–H groups in total. The van der Waals surface area contributed by atoms with E-state index in [1.807, 2.05) is 4.57 Å². The Morgan fingerprint density at radius 2 is 1.78 bits per heavy atom. The number of likely N-dealkylation sites (tertiary alicyclic amines) is 1. The molecule has 1 aromatic heterocycles. The molecular weight excluding hydrogens is 355 g/mol. The van der Waals surface area contributed by atoms with Crippen LogP contribution in [0.4, 0.5) is 13.2 Å². The maximum absolute atomic E-state index is 13.8. The van der Waals surface area contributed by atoms with Gasteiger partial charge >= 0.3 is 0 Å². The third-order valence-corrected chi connectivity index (χ3v) is 5.14. The first-order valence-corrected chi connectivity index (χ1v) is 8.85. The van der Waals surface area contributed by atoms with Gasteiger partial charge in [-0.2, -0.15) is 0 Å². The Bertz CT molecular complexity index is 973.